The van der Waals surface area contributed by atoms with Crippen LogP contribution in [0.1, 0.15) is 48.8 Å². The molecule has 3 unspecified atom stereocenters. The highest BCUT2D eigenvalue weighted by Crippen LogP contribution is 2.43. The molecule has 3 nitrogen and oxygen atoms in total. The lowest BCUT2D eigenvalue weighted by Crippen LogP contribution is -2.19. The molecule has 9 aromatic rings. The van der Waals surface area contributed by atoms with Gasteiger partial charge in [-0.1, -0.05) is 182 Å². The maximum atomic E-state index is 6.43. The van der Waals surface area contributed by atoms with E-state index in [1.54, 1.807) is 0 Å². The minimum Gasteiger partial charge on any atom is -0.456 e. The lowest BCUT2D eigenvalue weighted by atomic mass is 9.77. The van der Waals surface area contributed by atoms with E-state index < -0.39 is 0 Å². The number of fused-ring (bicyclic) bond motifs is 6. The van der Waals surface area contributed by atoms with Crippen LogP contribution in [0.4, 0.5) is 11.4 Å². The van der Waals surface area contributed by atoms with Gasteiger partial charge in [-0.15, -0.1) is 0 Å². The summed E-state index contributed by atoms with van der Waals surface area (Å²) < 4.78 is 12.8. The smallest absolute Gasteiger partial charge is 0.142 e. The van der Waals surface area contributed by atoms with Crippen LogP contribution in [0.25, 0.3) is 66.2 Å². The molecule has 0 bridgehead atoms. The highest BCUT2D eigenvalue weighted by Gasteiger charge is 2.26. The Bertz CT molecular complexity index is 3420. The number of para-hydroxylation sites is 4. The van der Waals surface area contributed by atoms with Crippen molar-refractivity contribution in [3.63, 3.8) is 0 Å². The Hall–Kier alpha value is -7.62. The lowest BCUT2D eigenvalue weighted by molar-refractivity contribution is 0.591. The van der Waals surface area contributed by atoms with Gasteiger partial charge in [-0.2, -0.15) is 0 Å². The van der Waals surface area contributed by atoms with Crippen molar-refractivity contribution in [3.8, 4) is 11.1 Å². The van der Waals surface area contributed by atoms with E-state index in [2.05, 4.69) is 212 Å². The standard InChI is InChI=1S/C61H47NO2/c1-40-39-47(53-16-10-18-57-55-14-6-8-20-59(55)64-61(53)57)31-38-51(40)45-29-36-50(37-30-45)62(48-32-25-43(26-33-48)41-11-3-2-4-12-41)49-34-27-44(28-35-49)42-21-23-46(24-22-42)52-15-9-17-56-54-13-5-7-19-58(54)63-60(52)56/h2-23,25-29,31-38,40,45-46H,24,30,39H2,1H3. The first kappa shape index (κ1) is 38.1. The highest BCUT2D eigenvalue weighted by atomic mass is 16.3. The van der Waals surface area contributed by atoms with Gasteiger partial charge in [0.2, 0.25) is 0 Å². The predicted octanol–water partition coefficient (Wildman–Crippen LogP) is 16.9. The van der Waals surface area contributed by atoms with E-state index in [0.717, 1.165) is 53.0 Å². The van der Waals surface area contributed by atoms with Gasteiger partial charge in [-0.3, -0.25) is 0 Å². The fourth-order valence-electron chi connectivity index (χ4n) is 10.4. The molecule has 0 saturated heterocycles. The molecule has 3 heteroatoms. The van der Waals surface area contributed by atoms with Gasteiger partial charge >= 0.3 is 0 Å². The summed E-state index contributed by atoms with van der Waals surface area (Å²) in [5, 5.41) is 4.72. The van der Waals surface area contributed by atoms with E-state index in [9.17, 15) is 0 Å². The van der Waals surface area contributed by atoms with Crippen LogP contribution in [0.5, 0.6) is 0 Å². The van der Waals surface area contributed by atoms with E-state index in [-0.39, 0.29) is 5.92 Å². The van der Waals surface area contributed by atoms with Crippen LogP contribution < -0.4 is 4.90 Å². The third-order valence-corrected chi connectivity index (χ3v) is 13.7. The first-order valence-corrected chi connectivity index (χ1v) is 22.7. The normalized spacial score (nSPS) is 18.6. The molecule has 12 rings (SSSR count). The molecule has 3 atom stereocenters. The average Bonchev–Trinajstić information content (AvgIpc) is 3.94. The average molecular weight is 826 g/mol. The quantitative estimate of drug-likeness (QED) is 0.153. The van der Waals surface area contributed by atoms with Gasteiger partial charge in [0.1, 0.15) is 22.3 Å². The SMILES string of the molecule is CC1CC(c2cccc3c2oc2ccccc23)=CC=C1C1C=CC(N(c2ccc(C3=CCC(c4cccc5c4oc4ccccc45)C=C3)cc2)c2ccc(-c3ccccc3)cc2)=CC1. The van der Waals surface area contributed by atoms with Crippen molar-refractivity contribution in [2.75, 3.05) is 4.90 Å². The zero-order valence-electron chi connectivity index (χ0n) is 35.8. The van der Waals surface area contributed by atoms with Crippen LogP contribution in [0.2, 0.25) is 0 Å². The second-order valence-electron chi connectivity index (χ2n) is 17.6. The summed E-state index contributed by atoms with van der Waals surface area (Å²) in [6.45, 7) is 2.38. The molecular weight excluding hydrogens is 779 g/mol. The second-order valence-corrected chi connectivity index (χ2v) is 17.6. The molecule has 0 fully saturated rings. The monoisotopic (exact) mass is 825 g/mol. The first-order valence-electron chi connectivity index (χ1n) is 22.7. The topological polar surface area (TPSA) is 29.5 Å². The summed E-state index contributed by atoms with van der Waals surface area (Å²) in [5.41, 5.74) is 17.5. The molecule has 3 aliphatic rings. The fraction of sp³-hybridized carbons (Fsp3) is 0.115. The van der Waals surface area contributed by atoms with Crippen LogP contribution in [0.15, 0.2) is 233 Å². The largest absolute Gasteiger partial charge is 0.456 e. The number of hydrogen-bond donors (Lipinski definition) is 0. The minimum absolute atomic E-state index is 0.262. The molecular formula is C61H47NO2. The van der Waals surface area contributed by atoms with Crippen LogP contribution in [-0.4, -0.2) is 0 Å². The van der Waals surface area contributed by atoms with Crippen molar-refractivity contribution in [2.45, 2.75) is 32.1 Å². The Morgan fingerprint density at radius 3 is 1.75 bits per heavy atom. The summed E-state index contributed by atoms with van der Waals surface area (Å²) in [6.07, 6.45) is 21.8. The molecule has 64 heavy (non-hydrogen) atoms. The number of furan rings is 2. The number of allylic oxidation sites excluding steroid dienone is 11. The molecule has 0 N–H and O–H groups in total. The Morgan fingerprint density at radius 1 is 0.484 bits per heavy atom. The van der Waals surface area contributed by atoms with Crippen LogP contribution in [0, 0.1) is 11.8 Å². The van der Waals surface area contributed by atoms with Gasteiger partial charge in [-0.25, -0.2) is 0 Å². The van der Waals surface area contributed by atoms with E-state index in [1.807, 2.05) is 12.1 Å². The molecule has 2 heterocycles. The van der Waals surface area contributed by atoms with Crippen LogP contribution >= 0.6 is 0 Å². The zero-order valence-corrected chi connectivity index (χ0v) is 35.8. The third kappa shape index (κ3) is 6.76. The molecule has 0 amide bonds. The van der Waals surface area contributed by atoms with E-state index in [4.69, 9.17) is 8.83 Å². The summed E-state index contributed by atoms with van der Waals surface area (Å²) >= 11 is 0. The number of hydrogen-bond acceptors (Lipinski definition) is 3. The molecule has 3 aliphatic carbocycles. The van der Waals surface area contributed by atoms with Gasteiger partial charge in [0.15, 0.2) is 0 Å². The third-order valence-electron chi connectivity index (χ3n) is 13.7. The maximum Gasteiger partial charge on any atom is 0.142 e. The Kier molecular flexibility index (Phi) is 9.48. The fourth-order valence-corrected chi connectivity index (χ4v) is 10.4. The van der Waals surface area contributed by atoms with Crippen molar-refractivity contribution in [3.05, 3.63) is 240 Å². The lowest BCUT2D eigenvalue weighted by Gasteiger charge is -2.32. The summed E-state index contributed by atoms with van der Waals surface area (Å²) in [6, 6.07) is 58.5. The molecule has 0 spiro atoms. The molecule has 7 aromatic carbocycles. The van der Waals surface area contributed by atoms with Crippen LogP contribution in [-0.2, 0) is 0 Å². The van der Waals surface area contributed by atoms with E-state index in [1.165, 1.54) is 71.8 Å². The minimum atomic E-state index is 0.262. The summed E-state index contributed by atoms with van der Waals surface area (Å²) in [7, 11) is 0. The number of nitrogens with zero attached hydrogens (tertiary/aromatic N) is 1. The highest BCUT2D eigenvalue weighted by molar-refractivity contribution is 6.08. The van der Waals surface area contributed by atoms with Crippen molar-refractivity contribution in [1.29, 1.82) is 0 Å². The molecule has 0 radical (unpaired) electrons. The summed E-state index contributed by atoms with van der Waals surface area (Å²) in [4.78, 5) is 2.41. The molecule has 308 valence electrons. The van der Waals surface area contributed by atoms with E-state index >= 15 is 0 Å². The van der Waals surface area contributed by atoms with E-state index in [0.29, 0.717) is 11.8 Å². The van der Waals surface area contributed by atoms with Gasteiger partial charge in [0.25, 0.3) is 0 Å². The predicted molar refractivity (Wildman–Crippen MR) is 268 cm³/mol. The Labute approximate surface area is 374 Å². The molecule has 0 saturated carbocycles. The van der Waals surface area contributed by atoms with Gasteiger partial charge in [0, 0.05) is 61.6 Å². The number of benzene rings is 7. The van der Waals surface area contributed by atoms with Crippen molar-refractivity contribution >= 4 is 66.4 Å². The maximum absolute atomic E-state index is 6.43. The van der Waals surface area contributed by atoms with Crippen LogP contribution in [0.3, 0.4) is 0 Å². The summed E-state index contributed by atoms with van der Waals surface area (Å²) in [5.74, 6) is 1.02. The second kappa shape index (κ2) is 15.9. The number of anilines is 2. The first-order chi connectivity index (χ1) is 31.6. The van der Waals surface area contributed by atoms with Gasteiger partial charge in [-0.05, 0) is 95.5 Å². The van der Waals surface area contributed by atoms with Crippen molar-refractivity contribution in [2.24, 2.45) is 11.8 Å². The van der Waals surface area contributed by atoms with Gasteiger partial charge < -0.3 is 13.7 Å². The van der Waals surface area contributed by atoms with Gasteiger partial charge in [0.05, 0.1) is 0 Å². The number of rotatable bonds is 8. The molecule has 2 aromatic heterocycles. The zero-order chi connectivity index (χ0) is 42.6. The van der Waals surface area contributed by atoms with Crippen molar-refractivity contribution < 1.29 is 8.83 Å². The Morgan fingerprint density at radius 2 is 1.08 bits per heavy atom. The Balaban J connectivity index is 0.813. The molecule has 0 aliphatic heterocycles. The van der Waals surface area contributed by atoms with Crippen molar-refractivity contribution in [1.82, 2.24) is 0 Å².